The number of aromatic carboxylic acids is 1. The van der Waals surface area contributed by atoms with E-state index in [1.54, 1.807) is 18.2 Å². The maximum Gasteiger partial charge on any atom is 0.371 e. The highest BCUT2D eigenvalue weighted by atomic mass is 16.4. The van der Waals surface area contributed by atoms with Gasteiger partial charge in [0.2, 0.25) is 5.76 Å². The average molecular weight is 295 g/mol. The van der Waals surface area contributed by atoms with Crippen molar-refractivity contribution in [2.24, 2.45) is 0 Å². The predicted molar refractivity (Wildman–Crippen MR) is 74.0 cm³/mol. The van der Waals surface area contributed by atoms with Gasteiger partial charge < -0.3 is 30.2 Å². The Morgan fingerprint density at radius 2 is 1.81 bits per heavy atom. The van der Waals surface area contributed by atoms with Gasteiger partial charge in [-0.2, -0.15) is 0 Å². The third-order valence-corrected chi connectivity index (χ3v) is 3.37. The lowest BCUT2D eigenvalue weighted by Gasteiger charge is -2.28. The summed E-state index contributed by atoms with van der Waals surface area (Å²) in [4.78, 5) is 10.8. The first-order valence-electron chi connectivity index (χ1n) is 6.37. The SMILES string of the molecule is O=C(O)c1cc2cc(CNC(CO)(CO)CO)ccc2o1. The molecule has 7 nitrogen and oxygen atoms in total. The number of furan rings is 1. The van der Waals surface area contributed by atoms with Crippen molar-refractivity contribution in [3.63, 3.8) is 0 Å². The molecule has 0 bridgehead atoms. The van der Waals surface area contributed by atoms with Crippen LogP contribution in [0.5, 0.6) is 0 Å². The number of aliphatic hydroxyl groups excluding tert-OH is 3. The minimum atomic E-state index is -1.16. The van der Waals surface area contributed by atoms with E-state index in [1.165, 1.54) is 6.07 Å². The van der Waals surface area contributed by atoms with Crippen LogP contribution in [0.3, 0.4) is 0 Å². The number of hydrogen-bond acceptors (Lipinski definition) is 6. The number of benzene rings is 1. The average Bonchev–Trinajstić information content (AvgIpc) is 2.93. The van der Waals surface area contributed by atoms with E-state index in [4.69, 9.17) is 9.52 Å². The summed E-state index contributed by atoms with van der Waals surface area (Å²) in [5.41, 5.74) is 0.117. The fourth-order valence-electron chi connectivity index (χ4n) is 1.92. The Kier molecular flexibility index (Phi) is 4.59. The summed E-state index contributed by atoms with van der Waals surface area (Å²) < 4.78 is 5.15. The van der Waals surface area contributed by atoms with Gasteiger partial charge in [0.15, 0.2) is 0 Å². The van der Waals surface area contributed by atoms with Gasteiger partial charge in [0.1, 0.15) is 5.58 Å². The van der Waals surface area contributed by atoms with Gasteiger partial charge in [-0.05, 0) is 23.8 Å². The van der Waals surface area contributed by atoms with Crippen LogP contribution in [0.25, 0.3) is 11.0 Å². The van der Waals surface area contributed by atoms with Crippen LogP contribution >= 0.6 is 0 Å². The zero-order valence-corrected chi connectivity index (χ0v) is 11.2. The summed E-state index contributed by atoms with van der Waals surface area (Å²) >= 11 is 0. The summed E-state index contributed by atoms with van der Waals surface area (Å²) in [6.45, 7) is -0.920. The van der Waals surface area contributed by atoms with Crippen molar-refractivity contribution in [3.05, 3.63) is 35.6 Å². The lowest BCUT2D eigenvalue weighted by Crippen LogP contribution is -2.54. The normalized spacial score (nSPS) is 12.0. The molecule has 7 heteroatoms. The summed E-state index contributed by atoms with van der Waals surface area (Å²) in [5.74, 6) is -1.27. The largest absolute Gasteiger partial charge is 0.475 e. The molecule has 0 amide bonds. The second-order valence-corrected chi connectivity index (χ2v) is 4.90. The molecule has 0 radical (unpaired) electrons. The number of rotatable bonds is 7. The van der Waals surface area contributed by atoms with E-state index in [9.17, 15) is 20.1 Å². The van der Waals surface area contributed by atoms with Crippen LogP contribution in [0.2, 0.25) is 0 Å². The highest BCUT2D eigenvalue weighted by molar-refractivity contribution is 5.91. The first-order valence-corrected chi connectivity index (χ1v) is 6.37. The molecule has 5 N–H and O–H groups in total. The molecule has 0 saturated heterocycles. The Morgan fingerprint density at radius 3 is 2.38 bits per heavy atom. The molecule has 1 aromatic carbocycles. The highest BCUT2D eigenvalue weighted by Gasteiger charge is 2.27. The van der Waals surface area contributed by atoms with Gasteiger partial charge in [0.25, 0.3) is 0 Å². The summed E-state index contributed by atoms with van der Waals surface area (Å²) in [5, 5.41) is 40.1. The number of nitrogens with one attached hydrogen (secondary N) is 1. The molecule has 1 heterocycles. The molecule has 0 atom stereocenters. The van der Waals surface area contributed by atoms with Crippen LogP contribution < -0.4 is 5.32 Å². The van der Waals surface area contributed by atoms with E-state index in [2.05, 4.69) is 5.32 Å². The van der Waals surface area contributed by atoms with Gasteiger partial charge in [-0.3, -0.25) is 0 Å². The molecule has 114 valence electrons. The molecule has 0 aliphatic carbocycles. The number of fused-ring (bicyclic) bond motifs is 1. The third-order valence-electron chi connectivity index (χ3n) is 3.37. The molecular weight excluding hydrogens is 278 g/mol. The number of carboxylic acids is 1. The second-order valence-electron chi connectivity index (χ2n) is 4.90. The molecule has 0 aliphatic heterocycles. The molecule has 0 unspecified atom stereocenters. The smallest absolute Gasteiger partial charge is 0.371 e. The Bertz CT molecular complexity index is 623. The minimum Gasteiger partial charge on any atom is -0.475 e. The highest BCUT2D eigenvalue weighted by Crippen LogP contribution is 2.21. The molecule has 0 aliphatic rings. The standard InChI is InChI=1S/C14H17NO6/c16-6-14(7-17,8-18)15-5-9-1-2-11-10(3-9)4-12(21-11)13(19)20/h1-4,15-18H,5-8H2,(H,19,20). The van der Waals surface area contributed by atoms with Crippen LogP contribution in [0, 0.1) is 0 Å². The van der Waals surface area contributed by atoms with E-state index >= 15 is 0 Å². The van der Waals surface area contributed by atoms with E-state index < -0.39 is 31.3 Å². The molecular formula is C14H17NO6. The van der Waals surface area contributed by atoms with Crippen LogP contribution in [0.1, 0.15) is 16.1 Å². The number of aliphatic hydroxyl groups is 3. The van der Waals surface area contributed by atoms with Crippen molar-refractivity contribution in [1.29, 1.82) is 0 Å². The van der Waals surface area contributed by atoms with Crippen molar-refractivity contribution in [1.82, 2.24) is 5.32 Å². The van der Waals surface area contributed by atoms with Gasteiger partial charge in [-0.25, -0.2) is 4.79 Å². The van der Waals surface area contributed by atoms with E-state index in [0.717, 1.165) is 5.56 Å². The number of carbonyl (C=O) groups is 1. The lowest BCUT2D eigenvalue weighted by molar-refractivity contribution is 0.0414. The molecule has 21 heavy (non-hydrogen) atoms. The Morgan fingerprint density at radius 1 is 1.14 bits per heavy atom. The quantitative estimate of drug-likeness (QED) is 0.484. The summed E-state index contributed by atoms with van der Waals surface area (Å²) in [6.07, 6.45) is 0. The van der Waals surface area contributed by atoms with Crippen LogP contribution in [0.15, 0.2) is 28.7 Å². The van der Waals surface area contributed by atoms with Gasteiger partial charge in [0.05, 0.1) is 25.4 Å². The first-order chi connectivity index (χ1) is 10.0. The number of carboxylic acid groups (broad SMARTS) is 1. The maximum atomic E-state index is 10.8. The fourth-order valence-corrected chi connectivity index (χ4v) is 1.92. The van der Waals surface area contributed by atoms with Crippen molar-refractivity contribution >= 4 is 16.9 Å². The monoisotopic (exact) mass is 295 g/mol. The summed E-state index contributed by atoms with van der Waals surface area (Å²) in [6, 6.07) is 6.56. The molecule has 0 saturated carbocycles. The van der Waals surface area contributed by atoms with Gasteiger partial charge in [-0.15, -0.1) is 0 Å². The van der Waals surface area contributed by atoms with Crippen molar-refractivity contribution < 1.29 is 29.6 Å². The minimum absolute atomic E-state index is 0.134. The van der Waals surface area contributed by atoms with Gasteiger partial charge >= 0.3 is 5.97 Å². The summed E-state index contributed by atoms with van der Waals surface area (Å²) in [7, 11) is 0. The second kappa shape index (κ2) is 6.23. The Labute approximate surface area is 120 Å². The third kappa shape index (κ3) is 3.22. The van der Waals surface area contributed by atoms with Crippen molar-refractivity contribution in [2.45, 2.75) is 12.1 Å². The van der Waals surface area contributed by atoms with E-state index in [0.29, 0.717) is 17.5 Å². The molecule has 1 aromatic heterocycles. The van der Waals surface area contributed by atoms with Crippen LogP contribution in [0.4, 0.5) is 0 Å². The van der Waals surface area contributed by atoms with Crippen molar-refractivity contribution in [2.75, 3.05) is 19.8 Å². The molecule has 2 aromatic rings. The molecule has 2 rings (SSSR count). The predicted octanol–water partition coefficient (Wildman–Crippen LogP) is -0.0637. The Hall–Kier alpha value is -1.93. The Balaban J connectivity index is 2.17. The molecule has 0 spiro atoms. The molecule has 0 fully saturated rings. The van der Waals surface area contributed by atoms with Gasteiger partial charge in [0, 0.05) is 11.9 Å². The van der Waals surface area contributed by atoms with Crippen LogP contribution in [-0.2, 0) is 6.54 Å². The fraction of sp³-hybridized carbons (Fsp3) is 0.357. The zero-order chi connectivity index (χ0) is 15.5. The van der Waals surface area contributed by atoms with Crippen LogP contribution in [-0.4, -0.2) is 51.8 Å². The number of hydrogen-bond donors (Lipinski definition) is 5. The topological polar surface area (TPSA) is 123 Å². The zero-order valence-electron chi connectivity index (χ0n) is 11.2. The van der Waals surface area contributed by atoms with E-state index in [-0.39, 0.29) is 5.76 Å². The maximum absolute atomic E-state index is 10.8. The van der Waals surface area contributed by atoms with Crippen molar-refractivity contribution in [3.8, 4) is 0 Å². The lowest BCUT2D eigenvalue weighted by atomic mass is 10.0. The first kappa shape index (κ1) is 15.5. The van der Waals surface area contributed by atoms with Gasteiger partial charge in [-0.1, -0.05) is 6.07 Å². The van der Waals surface area contributed by atoms with E-state index in [1.807, 2.05) is 0 Å².